The Hall–Kier alpha value is -1.17. The van der Waals surface area contributed by atoms with E-state index in [9.17, 15) is 15.3 Å². The molecule has 0 saturated heterocycles. The third kappa shape index (κ3) is 3.16. The first-order chi connectivity index (χ1) is 7.56. The minimum absolute atomic E-state index is 0.0957. The van der Waals surface area contributed by atoms with Gasteiger partial charge in [-0.2, -0.15) is 0 Å². The monoisotopic (exact) mass is 226 g/mol. The standard InChI is InChI=1S/C11H18N2O3/c1-7-3-4-8(14)10(13-7)11(16)9(15)5-6-12-2/h3-4,9,11-12,14-16H,5-6H2,1-2H3. The molecule has 0 amide bonds. The van der Waals surface area contributed by atoms with E-state index >= 15 is 0 Å². The van der Waals surface area contributed by atoms with Crippen LogP contribution in [0.25, 0.3) is 0 Å². The Morgan fingerprint density at radius 3 is 2.69 bits per heavy atom. The SMILES string of the molecule is CNCCC(O)C(O)c1nc(C)ccc1O. The van der Waals surface area contributed by atoms with Crippen molar-refractivity contribution in [2.75, 3.05) is 13.6 Å². The number of aromatic hydroxyl groups is 1. The van der Waals surface area contributed by atoms with Crippen LogP contribution in [-0.4, -0.2) is 40.0 Å². The summed E-state index contributed by atoms with van der Waals surface area (Å²) < 4.78 is 0. The normalized spacial score (nSPS) is 14.8. The predicted molar refractivity (Wildman–Crippen MR) is 60.1 cm³/mol. The second kappa shape index (κ2) is 5.79. The van der Waals surface area contributed by atoms with Gasteiger partial charge in [-0.05, 0) is 39.1 Å². The number of nitrogens with one attached hydrogen (secondary N) is 1. The van der Waals surface area contributed by atoms with Gasteiger partial charge in [-0.15, -0.1) is 0 Å². The molecule has 0 aromatic carbocycles. The quantitative estimate of drug-likeness (QED) is 0.572. The van der Waals surface area contributed by atoms with Crippen LogP contribution in [0.15, 0.2) is 12.1 Å². The van der Waals surface area contributed by atoms with E-state index in [2.05, 4.69) is 10.3 Å². The van der Waals surface area contributed by atoms with Gasteiger partial charge in [0.05, 0.1) is 6.10 Å². The van der Waals surface area contributed by atoms with Gasteiger partial charge in [0.1, 0.15) is 17.5 Å². The number of pyridine rings is 1. The molecule has 2 unspecified atom stereocenters. The number of rotatable bonds is 5. The van der Waals surface area contributed by atoms with Crippen LogP contribution in [0.1, 0.15) is 23.9 Å². The lowest BCUT2D eigenvalue weighted by Crippen LogP contribution is -2.24. The molecule has 16 heavy (non-hydrogen) atoms. The predicted octanol–water partition coefficient (Wildman–Crippen LogP) is 0.0994. The summed E-state index contributed by atoms with van der Waals surface area (Å²) in [5.41, 5.74) is 0.816. The lowest BCUT2D eigenvalue weighted by atomic mass is 10.1. The fraction of sp³-hybridized carbons (Fsp3) is 0.545. The third-order valence-electron chi connectivity index (χ3n) is 2.38. The molecule has 90 valence electrons. The summed E-state index contributed by atoms with van der Waals surface area (Å²) in [6.45, 7) is 2.35. The summed E-state index contributed by atoms with van der Waals surface area (Å²) in [4.78, 5) is 4.02. The molecule has 0 bridgehead atoms. The van der Waals surface area contributed by atoms with E-state index in [4.69, 9.17) is 0 Å². The second-order valence-corrected chi connectivity index (χ2v) is 3.76. The van der Waals surface area contributed by atoms with Crippen molar-refractivity contribution in [3.05, 3.63) is 23.5 Å². The van der Waals surface area contributed by atoms with Crippen molar-refractivity contribution in [3.8, 4) is 5.75 Å². The van der Waals surface area contributed by atoms with Crippen LogP contribution in [0, 0.1) is 6.92 Å². The van der Waals surface area contributed by atoms with Crippen molar-refractivity contribution < 1.29 is 15.3 Å². The van der Waals surface area contributed by atoms with Crippen LogP contribution in [0.5, 0.6) is 5.75 Å². The fourth-order valence-electron chi connectivity index (χ4n) is 1.42. The first kappa shape index (κ1) is 12.9. The van der Waals surface area contributed by atoms with E-state index in [-0.39, 0.29) is 11.4 Å². The molecule has 0 spiro atoms. The lowest BCUT2D eigenvalue weighted by molar-refractivity contribution is 0.0100. The Kier molecular flexibility index (Phi) is 4.67. The average molecular weight is 226 g/mol. The van der Waals surface area contributed by atoms with Gasteiger partial charge in [0.25, 0.3) is 0 Å². The summed E-state index contributed by atoms with van der Waals surface area (Å²) in [6.07, 6.45) is -1.70. The number of aliphatic hydroxyl groups is 2. The van der Waals surface area contributed by atoms with Crippen LogP contribution in [0.4, 0.5) is 0 Å². The highest BCUT2D eigenvalue weighted by atomic mass is 16.3. The van der Waals surface area contributed by atoms with Gasteiger partial charge in [-0.1, -0.05) is 0 Å². The van der Waals surface area contributed by atoms with E-state index in [1.807, 2.05) is 0 Å². The number of aromatic nitrogens is 1. The summed E-state index contributed by atoms with van der Waals surface area (Å²) >= 11 is 0. The minimum Gasteiger partial charge on any atom is -0.506 e. The summed E-state index contributed by atoms with van der Waals surface area (Å²) in [6, 6.07) is 3.11. The van der Waals surface area contributed by atoms with Crippen LogP contribution >= 0.6 is 0 Å². The molecule has 1 rings (SSSR count). The van der Waals surface area contributed by atoms with E-state index in [1.54, 1.807) is 20.0 Å². The molecule has 0 aliphatic carbocycles. The van der Waals surface area contributed by atoms with Crippen molar-refractivity contribution in [1.29, 1.82) is 0 Å². The molecular weight excluding hydrogens is 208 g/mol. The number of hydrogen-bond donors (Lipinski definition) is 4. The maximum absolute atomic E-state index is 9.82. The number of hydrogen-bond acceptors (Lipinski definition) is 5. The number of nitrogens with zero attached hydrogens (tertiary/aromatic N) is 1. The summed E-state index contributed by atoms with van der Waals surface area (Å²) in [5.74, 6) is -0.0957. The second-order valence-electron chi connectivity index (χ2n) is 3.76. The molecule has 0 aliphatic heterocycles. The zero-order valence-electron chi connectivity index (χ0n) is 9.51. The zero-order chi connectivity index (χ0) is 12.1. The van der Waals surface area contributed by atoms with E-state index in [0.717, 1.165) is 0 Å². The smallest absolute Gasteiger partial charge is 0.139 e. The van der Waals surface area contributed by atoms with Crippen molar-refractivity contribution in [1.82, 2.24) is 10.3 Å². The highest BCUT2D eigenvalue weighted by Gasteiger charge is 2.22. The molecule has 5 heteroatoms. The van der Waals surface area contributed by atoms with Gasteiger partial charge in [0.15, 0.2) is 0 Å². The van der Waals surface area contributed by atoms with Gasteiger partial charge in [0.2, 0.25) is 0 Å². The van der Waals surface area contributed by atoms with Gasteiger partial charge in [0, 0.05) is 5.69 Å². The average Bonchev–Trinajstić information content (AvgIpc) is 2.28. The first-order valence-corrected chi connectivity index (χ1v) is 5.23. The molecule has 1 aromatic rings. The zero-order valence-corrected chi connectivity index (χ0v) is 9.51. The topological polar surface area (TPSA) is 85.6 Å². The molecule has 0 radical (unpaired) electrons. The molecule has 0 fully saturated rings. The first-order valence-electron chi connectivity index (χ1n) is 5.23. The van der Waals surface area contributed by atoms with Gasteiger partial charge < -0.3 is 20.6 Å². The van der Waals surface area contributed by atoms with Crippen molar-refractivity contribution in [3.63, 3.8) is 0 Å². The Morgan fingerprint density at radius 2 is 2.06 bits per heavy atom. The van der Waals surface area contributed by atoms with E-state index < -0.39 is 12.2 Å². The van der Waals surface area contributed by atoms with E-state index in [1.165, 1.54) is 6.07 Å². The van der Waals surface area contributed by atoms with Crippen LogP contribution in [-0.2, 0) is 0 Å². The summed E-state index contributed by atoms with van der Waals surface area (Å²) in [7, 11) is 1.77. The van der Waals surface area contributed by atoms with Crippen LogP contribution in [0.2, 0.25) is 0 Å². The Balaban J connectivity index is 2.78. The number of aryl methyl sites for hydroxylation is 1. The third-order valence-corrected chi connectivity index (χ3v) is 2.38. The maximum Gasteiger partial charge on any atom is 0.139 e. The van der Waals surface area contributed by atoms with Crippen molar-refractivity contribution in [2.24, 2.45) is 0 Å². The Labute approximate surface area is 94.8 Å². The Bertz CT molecular complexity index is 344. The van der Waals surface area contributed by atoms with Crippen LogP contribution in [0.3, 0.4) is 0 Å². The molecule has 1 aromatic heterocycles. The minimum atomic E-state index is -1.16. The van der Waals surface area contributed by atoms with Gasteiger partial charge >= 0.3 is 0 Å². The van der Waals surface area contributed by atoms with Gasteiger partial charge in [-0.3, -0.25) is 4.98 Å². The molecular formula is C11H18N2O3. The highest BCUT2D eigenvalue weighted by molar-refractivity contribution is 5.29. The maximum atomic E-state index is 9.82. The van der Waals surface area contributed by atoms with Gasteiger partial charge in [-0.25, -0.2) is 0 Å². The van der Waals surface area contributed by atoms with Crippen molar-refractivity contribution in [2.45, 2.75) is 25.6 Å². The van der Waals surface area contributed by atoms with E-state index in [0.29, 0.717) is 18.7 Å². The summed E-state index contributed by atoms with van der Waals surface area (Å²) in [5, 5.41) is 31.9. The fourth-order valence-corrected chi connectivity index (χ4v) is 1.42. The number of aliphatic hydroxyl groups excluding tert-OH is 2. The molecule has 5 nitrogen and oxygen atoms in total. The highest BCUT2D eigenvalue weighted by Crippen LogP contribution is 2.25. The largest absolute Gasteiger partial charge is 0.506 e. The molecule has 0 aliphatic rings. The van der Waals surface area contributed by atoms with Crippen molar-refractivity contribution >= 4 is 0 Å². The molecule has 2 atom stereocenters. The molecule has 4 N–H and O–H groups in total. The molecule has 0 saturated carbocycles. The molecule has 1 heterocycles. The lowest BCUT2D eigenvalue weighted by Gasteiger charge is -2.18. The van der Waals surface area contributed by atoms with Crippen LogP contribution < -0.4 is 5.32 Å². The Morgan fingerprint density at radius 1 is 1.38 bits per heavy atom.